The Morgan fingerprint density at radius 1 is 1.06 bits per heavy atom. The average Bonchev–Trinajstić information content (AvgIpc) is 2.41. The highest BCUT2D eigenvalue weighted by atomic mass is 16.5. The molecule has 0 N–H and O–H groups in total. The van der Waals surface area contributed by atoms with E-state index < -0.39 is 0 Å². The van der Waals surface area contributed by atoms with E-state index >= 15 is 0 Å². The first-order valence-electron chi connectivity index (χ1n) is 6.87. The maximum Gasteiger partial charge on any atom is 0.0632 e. The molecule has 1 aliphatic carbocycles. The van der Waals surface area contributed by atoms with Gasteiger partial charge in [-0.15, -0.1) is 0 Å². The molecule has 1 spiro atoms. The van der Waals surface area contributed by atoms with E-state index in [1.807, 2.05) is 0 Å². The lowest BCUT2D eigenvalue weighted by atomic mass is 9.63. The Labute approximate surface area is 101 Å². The summed E-state index contributed by atoms with van der Waals surface area (Å²) in [7, 11) is 0. The summed E-state index contributed by atoms with van der Waals surface area (Å²) in [6.07, 6.45) is 6.86. The van der Waals surface area contributed by atoms with E-state index in [0.717, 1.165) is 12.5 Å². The molecule has 0 unspecified atom stereocenters. The van der Waals surface area contributed by atoms with Crippen molar-refractivity contribution in [3.8, 4) is 0 Å². The number of hydrogen-bond acceptors (Lipinski definition) is 1. The fraction of sp³-hybridized carbons (Fsp3) is 1.00. The van der Waals surface area contributed by atoms with Crippen LogP contribution in [0.25, 0.3) is 0 Å². The smallest absolute Gasteiger partial charge is 0.0632 e. The van der Waals surface area contributed by atoms with Crippen LogP contribution in [0.5, 0.6) is 0 Å². The summed E-state index contributed by atoms with van der Waals surface area (Å²) < 4.78 is 5.95. The molecule has 0 atom stereocenters. The molecule has 1 heteroatoms. The minimum Gasteiger partial charge on any atom is -0.375 e. The van der Waals surface area contributed by atoms with E-state index in [2.05, 4.69) is 34.6 Å². The van der Waals surface area contributed by atoms with Gasteiger partial charge in [0.25, 0.3) is 0 Å². The molecule has 0 amide bonds. The Hall–Kier alpha value is -0.0400. The maximum atomic E-state index is 5.95. The van der Waals surface area contributed by atoms with E-state index in [0.29, 0.717) is 10.8 Å². The molecule has 1 saturated heterocycles. The summed E-state index contributed by atoms with van der Waals surface area (Å²) >= 11 is 0. The van der Waals surface area contributed by atoms with E-state index in [1.165, 1.54) is 32.1 Å². The zero-order valence-corrected chi connectivity index (χ0v) is 11.7. The zero-order chi connectivity index (χ0) is 12.0. The molecule has 0 aromatic rings. The maximum absolute atomic E-state index is 5.95. The number of hydrogen-bond donors (Lipinski definition) is 0. The van der Waals surface area contributed by atoms with Gasteiger partial charge >= 0.3 is 0 Å². The molecular formula is C15H28O. The molecule has 94 valence electrons. The second-order valence-corrected chi connectivity index (χ2v) is 7.87. The van der Waals surface area contributed by atoms with Crippen molar-refractivity contribution < 1.29 is 4.74 Å². The van der Waals surface area contributed by atoms with Crippen LogP contribution >= 0.6 is 0 Å². The van der Waals surface area contributed by atoms with E-state index in [4.69, 9.17) is 4.74 Å². The van der Waals surface area contributed by atoms with E-state index in [9.17, 15) is 0 Å². The van der Waals surface area contributed by atoms with Crippen LogP contribution < -0.4 is 0 Å². The highest BCUT2D eigenvalue weighted by Crippen LogP contribution is 2.52. The molecule has 2 aliphatic rings. The summed E-state index contributed by atoms with van der Waals surface area (Å²) in [5.41, 5.74) is 1.16. The third-order valence-corrected chi connectivity index (χ3v) is 4.84. The van der Waals surface area contributed by atoms with Crippen molar-refractivity contribution in [2.45, 2.75) is 72.3 Å². The minimum atomic E-state index is 0.134. The molecule has 0 aromatic heterocycles. The molecule has 1 saturated carbocycles. The lowest BCUT2D eigenvalue weighted by Gasteiger charge is -2.41. The van der Waals surface area contributed by atoms with Crippen LogP contribution in [-0.2, 0) is 4.74 Å². The third kappa shape index (κ3) is 2.45. The molecule has 2 rings (SSSR count). The molecule has 16 heavy (non-hydrogen) atoms. The normalized spacial score (nSPS) is 39.2. The van der Waals surface area contributed by atoms with Crippen LogP contribution in [0.4, 0.5) is 0 Å². The Balaban J connectivity index is 1.96. The zero-order valence-electron chi connectivity index (χ0n) is 11.7. The standard InChI is InChI=1S/C15H28O/c1-13(2,3)12-6-8-15(9-7-12)10-14(4,5)16-11-15/h12H,6-11H2,1-5H3. The van der Waals surface area contributed by atoms with Gasteiger partial charge in [-0.1, -0.05) is 20.8 Å². The number of ether oxygens (including phenoxy) is 1. The van der Waals surface area contributed by atoms with Crippen molar-refractivity contribution in [3.05, 3.63) is 0 Å². The second-order valence-electron chi connectivity index (χ2n) is 7.87. The van der Waals surface area contributed by atoms with Crippen LogP contribution in [0.3, 0.4) is 0 Å². The summed E-state index contributed by atoms with van der Waals surface area (Å²) in [5, 5.41) is 0. The topological polar surface area (TPSA) is 9.23 Å². The van der Waals surface area contributed by atoms with Gasteiger partial charge in [0.2, 0.25) is 0 Å². The molecule has 1 heterocycles. The Morgan fingerprint density at radius 3 is 2.00 bits per heavy atom. The molecule has 0 bridgehead atoms. The Kier molecular flexibility index (Phi) is 2.89. The molecule has 2 fully saturated rings. The fourth-order valence-electron chi connectivity index (χ4n) is 3.77. The van der Waals surface area contributed by atoms with E-state index in [-0.39, 0.29) is 5.60 Å². The monoisotopic (exact) mass is 224 g/mol. The van der Waals surface area contributed by atoms with Crippen LogP contribution in [0, 0.1) is 16.7 Å². The predicted molar refractivity (Wildman–Crippen MR) is 68.5 cm³/mol. The van der Waals surface area contributed by atoms with Gasteiger partial charge in [-0.2, -0.15) is 0 Å². The predicted octanol–water partition coefficient (Wildman–Crippen LogP) is 4.41. The van der Waals surface area contributed by atoms with Crippen LogP contribution in [0.1, 0.15) is 66.7 Å². The van der Waals surface area contributed by atoms with Crippen LogP contribution in [0.2, 0.25) is 0 Å². The van der Waals surface area contributed by atoms with Gasteiger partial charge in [0.05, 0.1) is 12.2 Å². The first-order valence-corrected chi connectivity index (χ1v) is 6.87. The average molecular weight is 224 g/mol. The molecular weight excluding hydrogens is 196 g/mol. The SMILES string of the molecule is CC1(C)CC2(CCC(C(C)(C)C)CC2)CO1. The van der Waals surface area contributed by atoms with Gasteiger partial charge in [-0.25, -0.2) is 0 Å². The van der Waals surface area contributed by atoms with Gasteiger partial charge in [0, 0.05) is 0 Å². The molecule has 0 radical (unpaired) electrons. The van der Waals surface area contributed by atoms with Crippen molar-refractivity contribution in [1.29, 1.82) is 0 Å². The van der Waals surface area contributed by atoms with Crippen LogP contribution in [0.15, 0.2) is 0 Å². The van der Waals surface area contributed by atoms with E-state index in [1.54, 1.807) is 0 Å². The Morgan fingerprint density at radius 2 is 1.62 bits per heavy atom. The minimum absolute atomic E-state index is 0.134. The van der Waals surface area contributed by atoms with Gasteiger partial charge in [0.1, 0.15) is 0 Å². The third-order valence-electron chi connectivity index (χ3n) is 4.84. The van der Waals surface area contributed by atoms with Crippen molar-refractivity contribution in [1.82, 2.24) is 0 Å². The first-order chi connectivity index (χ1) is 7.23. The van der Waals surface area contributed by atoms with Gasteiger partial charge in [0.15, 0.2) is 0 Å². The summed E-state index contributed by atoms with van der Waals surface area (Å²) in [5.74, 6) is 0.918. The van der Waals surface area contributed by atoms with Crippen molar-refractivity contribution in [3.63, 3.8) is 0 Å². The second kappa shape index (κ2) is 3.73. The highest BCUT2D eigenvalue weighted by Gasteiger charge is 2.47. The summed E-state index contributed by atoms with van der Waals surface area (Å²) in [6, 6.07) is 0. The van der Waals surface area contributed by atoms with Gasteiger partial charge in [-0.3, -0.25) is 0 Å². The van der Waals surface area contributed by atoms with Crippen molar-refractivity contribution >= 4 is 0 Å². The summed E-state index contributed by atoms with van der Waals surface area (Å²) in [4.78, 5) is 0. The summed E-state index contributed by atoms with van der Waals surface area (Å²) in [6.45, 7) is 12.7. The lowest BCUT2D eigenvalue weighted by molar-refractivity contribution is 0.0235. The Bertz CT molecular complexity index is 251. The number of rotatable bonds is 0. The van der Waals surface area contributed by atoms with Gasteiger partial charge < -0.3 is 4.74 Å². The van der Waals surface area contributed by atoms with Crippen molar-refractivity contribution in [2.24, 2.45) is 16.7 Å². The molecule has 1 aliphatic heterocycles. The quantitative estimate of drug-likeness (QED) is 0.592. The largest absolute Gasteiger partial charge is 0.375 e. The van der Waals surface area contributed by atoms with Gasteiger partial charge in [-0.05, 0) is 62.7 Å². The highest BCUT2D eigenvalue weighted by molar-refractivity contribution is 4.96. The lowest BCUT2D eigenvalue weighted by Crippen LogP contribution is -2.33. The molecule has 0 aromatic carbocycles. The molecule has 1 nitrogen and oxygen atoms in total. The van der Waals surface area contributed by atoms with Crippen LogP contribution in [-0.4, -0.2) is 12.2 Å². The first kappa shape index (κ1) is 12.4. The fourth-order valence-corrected chi connectivity index (χ4v) is 3.77. The van der Waals surface area contributed by atoms with Crippen molar-refractivity contribution in [2.75, 3.05) is 6.61 Å².